The summed E-state index contributed by atoms with van der Waals surface area (Å²) in [5.74, 6) is 2.31. The average Bonchev–Trinajstić information content (AvgIpc) is 2.92. The summed E-state index contributed by atoms with van der Waals surface area (Å²) in [7, 11) is 0. The van der Waals surface area contributed by atoms with Crippen molar-refractivity contribution in [1.29, 1.82) is 0 Å². The highest BCUT2D eigenvalue weighted by molar-refractivity contribution is 5.52. The molecular weight excluding hydrogens is 266 g/mol. The highest BCUT2D eigenvalue weighted by Gasteiger charge is 2.17. The van der Waals surface area contributed by atoms with Gasteiger partial charge in [0.05, 0.1) is 0 Å². The molecule has 0 unspecified atom stereocenters. The van der Waals surface area contributed by atoms with Gasteiger partial charge in [-0.25, -0.2) is 0 Å². The van der Waals surface area contributed by atoms with Crippen LogP contribution in [0.15, 0.2) is 36.4 Å². The van der Waals surface area contributed by atoms with Crippen LogP contribution in [0.25, 0.3) is 0 Å². The van der Waals surface area contributed by atoms with Gasteiger partial charge >= 0.3 is 0 Å². The molecule has 1 heterocycles. The molecule has 2 N–H and O–H groups in total. The number of hydrogen-bond acceptors (Lipinski definition) is 4. The van der Waals surface area contributed by atoms with Crippen LogP contribution in [0.5, 0.6) is 17.2 Å². The molecule has 1 aliphatic heterocycles. The summed E-state index contributed by atoms with van der Waals surface area (Å²) >= 11 is 0. The van der Waals surface area contributed by atoms with Gasteiger partial charge in [0.1, 0.15) is 12.4 Å². The summed E-state index contributed by atoms with van der Waals surface area (Å²) < 4.78 is 16.8. The highest BCUT2D eigenvalue weighted by atomic mass is 16.7. The molecule has 0 spiro atoms. The summed E-state index contributed by atoms with van der Waals surface area (Å²) in [6.07, 6.45) is 0.750. The SMILES string of the molecule is Cc1cccc(COc2cc3c(cc2CCN)OCO3)c1. The molecule has 0 bridgehead atoms. The maximum absolute atomic E-state index is 5.96. The van der Waals surface area contributed by atoms with Gasteiger partial charge in [-0.05, 0) is 37.1 Å². The van der Waals surface area contributed by atoms with Crippen LogP contribution in [0.3, 0.4) is 0 Å². The molecular formula is C17H19NO3. The molecule has 0 saturated carbocycles. The van der Waals surface area contributed by atoms with Crippen LogP contribution in [0, 0.1) is 6.92 Å². The van der Waals surface area contributed by atoms with Crippen molar-refractivity contribution >= 4 is 0 Å². The van der Waals surface area contributed by atoms with E-state index in [0.29, 0.717) is 13.2 Å². The molecule has 0 amide bonds. The Hall–Kier alpha value is -2.20. The van der Waals surface area contributed by atoms with Gasteiger partial charge in [-0.3, -0.25) is 0 Å². The molecule has 2 aromatic rings. The first-order chi connectivity index (χ1) is 10.3. The molecule has 0 fully saturated rings. The van der Waals surface area contributed by atoms with E-state index in [1.807, 2.05) is 18.2 Å². The molecule has 4 heteroatoms. The second kappa shape index (κ2) is 6.06. The maximum Gasteiger partial charge on any atom is 0.231 e. The summed E-state index contributed by atoms with van der Waals surface area (Å²) in [6, 6.07) is 12.1. The van der Waals surface area contributed by atoms with Crippen molar-refractivity contribution in [1.82, 2.24) is 0 Å². The lowest BCUT2D eigenvalue weighted by Crippen LogP contribution is -2.05. The Balaban J connectivity index is 1.80. The number of hydrogen-bond donors (Lipinski definition) is 1. The fourth-order valence-corrected chi connectivity index (χ4v) is 2.41. The fourth-order valence-electron chi connectivity index (χ4n) is 2.41. The normalized spacial score (nSPS) is 12.5. The zero-order chi connectivity index (χ0) is 14.7. The fraction of sp³-hybridized carbons (Fsp3) is 0.294. The Kier molecular flexibility index (Phi) is 3.97. The second-order valence-electron chi connectivity index (χ2n) is 5.13. The van der Waals surface area contributed by atoms with E-state index in [2.05, 4.69) is 25.1 Å². The first-order valence-corrected chi connectivity index (χ1v) is 7.07. The second-order valence-corrected chi connectivity index (χ2v) is 5.13. The molecule has 4 nitrogen and oxygen atoms in total. The van der Waals surface area contributed by atoms with Crippen molar-refractivity contribution in [2.24, 2.45) is 5.73 Å². The molecule has 2 aromatic carbocycles. The van der Waals surface area contributed by atoms with Crippen molar-refractivity contribution in [2.45, 2.75) is 20.0 Å². The number of nitrogens with two attached hydrogens (primary N) is 1. The number of ether oxygens (including phenoxy) is 3. The number of fused-ring (bicyclic) bond motifs is 1. The van der Waals surface area contributed by atoms with Gasteiger partial charge in [-0.15, -0.1) is 0 Å². The first-order valence-electron chi connectivity index (χ1n) is 7.07. The lowest BCUT2D eigenvalue weighted by Gasteiger charge is -2.12. The average molecular weight is 285 g/mol. The zero-order valence-corrected chi connectivity index (χ0v) is 12.1. The number of rotatable bonds is 5. The maximum atomic E-state index is 5.96. The van der Waals surface area contributed by atoms with Crippen LogP contribution < -0.4 is 19.9 Å². The van der Waals surface area contributed by atoms with E-state index >= 15 is 0 Å². The van der Waals surface area contributed by atoms with Gasteiger partial charge in [0.2, 0.25) is 6.79 Å². The van der Waals surface area contributed by atoms with Crippen molar-refractivity contribution in [3.63, 3.8) is 0 Å². The van der Waals surface area contributed by atoms with Gasteiger partial charge in [0.25, 0.3) is 0 Å². The zero-order valence-electron chi connectivity index (χ0n) is 12.1. The Labute approximate surface area is 124 Å². The van der Waals surface area contributed by atoms with E-state index in [-0.39, 0.29) is 6.79 Å². The summed E-state index contributed by atoms with van der Waals surface area (Å²) in [6.45, 7) is 3.43. The lowest BCUT2D eigenvalue weighted by atomic mass is 10.1. The minimum atomic E-state index is 0.263. The van der Waals surface area contributed by atoms with Crippen molar-refractivity contribution in [3.8, 4) is 17.2 Å². The molecule has 21 heavy (non-hydrogen) atoms. The van der Waals surface area contributed by atoms with Gasteiger partial charge in [-0.2, -0.15) is 0 Å². The molecule has 0 aliphatic carbocycles. The van der Waals surface area contributed by atoms with Crippen LogP contribution in [-0.2, 0) is 13.0 Å². The summed E-state index contributed by atoms with van der Waals surface area (Å²) in [5, 5.41) is 0. The topological polar surface area (TPSA) is 53.7 Å². The van der Waals surface area contributed by atoms with Crippen molar-refractivity contribution in [3.05, 3.63) is 53.1 Å². The Bertz CT molecular complexity index is 640. The van der Waals surface area contributed by atoms with E-state index in [4.69, 9.17) is 19.9 Å². The van der Waals surface area contributed by atoms with Crippen LogP contribution >= 0.6 is 0 Å². The van der Waals surface area contributed by atoms with Crippen molar-refractivity contribution < 1.29 is 14.2 Å². The van der Waals surface area contributed by atoms with E-state index in [9.17, 15) is 0 Å². The molecule has 0 atom stereocenters. The first kappa shape index (κ1) is 13.8. The van der Waals surface area contributed by atoms with Crippen molar-refractivity contribution in [2.75, 3.05) is 13.3 Å². The quantitative estimate of drug-likeness (QED) is 0.918. The van der Waals surface area contributed by atoms with Gasteiger partial charge < -0.3 is 19.9 Å². The Morgan fingerprint density at radius 2 is 1.95 bits per heavy atom. The monoisotopic (exact) mass is 285 g/mol. The van der Waals surface area contributed by atoms with E-state index in [1.165, 1.54) is 5.56 Å². The third kappa shape index (κ3) is 3.11. The minimum absolute atomic E-state index is 0.263. The van der Waals surface area contributed by atoms with E-state index in [0.717, 1.165) is 34.8 Å². The molecule has 110 valence electrons. The Morgan fingerprint density at radius 3 is 2.71 bits per heavy atom. The Morgan fingerprint density at radius 1 is 1.14 bits per heavy atom. The summed E-state index contributed by atoms with van der Waals surface area (Å²) in [5.41, 5.74) is 9.10. The summed E-state index contributed by atoms with van der Waals surface area (Å²) in [4.78, 5) is 0. The highest BCUT2D eigenvalue weighted by Crippen LogP contribution is 2.38. The largest absolute Gasteiger partial charge is 0.488 e. The third-order valence-corrected chi connectivity index (χ3v) is 3.45. The molecule has 0 radical (unpaired) electrons. The van der Waals surface area contributed by atoms with E-state index in [1.54, 1.807) is 0 Å². The third-order valence-electron chi connectivity index (χ3n) is 3.45. The molecule has 1 aliphatic rings. The predicted molar refractivity (Wildman–Crippen MR) is 80.8 cm³/mol. The van der Waals surface area contributed by atoms with Gasteiger partial charge in [-0.1, -0.05) is 29.8 Å². The number of benzene rings is 2. The van der Waals surface area contributed by atoms with Crippen LogP contribution in [-0.4, -0.2) is 13.3 Å². The standard InChI is InChI=1S/C17H19NO3/c1-12-3-2-4-13(7-12)10-19-15-9-17-16(20-11-21-17)8-14(15)5-6-18/h2-4,7-9H,5-6,10-11,18H2,1H3. The molecule has 0 saturated heterocycles. The molecule has 3 rings (SSSR count). The minimum Gasteiger partial charge on any atom is -0.488 e. The smallest absolute Gasteiger partial charge is 0.231 e. The van der Waals surface area contributed by atoms with Crippen LogP contribution in [0.1, 0.15) is 16.7 Å². The predicted octanol–water partition coefficient (Wildman–Crippen LogP) is 2.80. The van der Waals surface area contributed by atoms with Gasteiger partial charge in [0, 0.05) is 6.07 Å². The van der Waals surface area contributed by atoms with E-state index < -0.39 is 0 Å². The van der Waals surface area contributed by atoms with Crippen LogP contribution in [0.4, 0.5) is 0 Å². The number of aryl methyl sites for hydroxylation is 1. The lowest BCUT2D eigenvalue weighted by molar-refractivity contribution is 0.173. The van der Waals surface area contributed by atoms with Crippen LogP contribution in [0.2, 0.25) is 0 Å². The van der Waals surface area contributed by atoms with Gasteiger partial charge in [0.15, 0.2) is 11.5 Å². The molecule has 0 aromatic heterocycles.